The van der Waals surface area contributed by atoms with Gasteiger partial charge < -0.3 is 10.3 Å². The Bertz CT molecular complexity index is 1420. The molecule has 0 fully saturated rings. The van der Waals surface area contributed by atoms with Crippen molar-refractivity contribution < 1.29 is 8.78 Å². The van der Waals surface area contributed by atoms with E-state index in [0.29, 0.717) is 46.1 Å². The van der Waals surface area contributed by atoms with E-state index in [2.05, 4.69) is 30.2 Å². The maximum atomic E-state index is 14.6. The van der Waals surface area contributed by atoms with Crippen LogP contribution in [0.3, 0.4) is 0 Å². The first-order chi connectivity index (χ1) is 15.1. The number of benzene rings is 2. The average Bonchev–Trinajstić information content (AvgIpc) is 3.25. The highest BCUT2D eigenvalue weighted by atomic mass is 35.5. The summed E-state index contributed by atoms with van der Waals surface area (Å²) < 4.78 is 29.0. The first-order valence-electron chi connectivity index (χ1n) is 9.51. The fourth-order valence-corrected chi connectivity index (χ4v) is 3.70. The Kier molecular flexibility index (Phi) is 4.91. The molecule has 2 N–H and O–H groups in total. The zero-order chi connectivity index (χ0) is 21.4. The van der Waals surface area contributed by atoms with Crippen molar-refractivity contribution in [2.45, 2.75) is 6.42 Å². The lowest BCUT2D eigenvalue weighted by molar-refractivity contribution is 0.629. The largest absolute Gasteiger partial charge is 0.368 e. The number of pyridine rings is 1. The molecule has 0 saturated carbocycles. The van der Waals surface area contributed by atoms with E-state index in [9.17, 15) is 8.78 Å². The van der Waals surface area contributed by atoms with Crippen molar-refractivity contribution in [1.29, 1.82) is 0 Å². The molecule has 0 aliphatic rings. The van der Waals surface area contributed by atoms with Gasteiger partial charge in [0.1, 0.15) is 29.0 Å². The second-order valence-electron chi connectivity index (χ2n) is 6.93. The summed E-state index contributed by atoms with van der Waals surface area (Å²) >= 11 is 6.09. The van der Waals surface area contributed by atoms with Gasteiger partial charge in [-0.2, -0.15) is 0 Å². The van der Waals surface area contributed by atoms with Crippen molar-refractivity contribution >= 4 is 39.5 Å². The van der Waals surface area contributed by atoms with Crippen LogP contribution in [0.15, 0.2) is 55.1 Å². The Morgan fingerprint density at radius 1 is 1.00 bits per heavy atom. The van der Waals surface area contributed by atoms with E-state index in [0.717, 1.165) is 5.56 Å². The zero-order valence-corrected chi connectivity index (χ0v) is 16.8. The SMILES string of the molecule is Fc1ccc(Cl)cc1-c1nc2c(F)cccc2cc1CCNc1ncnc2nc[nH]c12. The highest BCUT2D eigenvalue weighted by Gasteiger charge is 2.16. The number of fused-ring (bicyclic) bond motifs is 2. The molecular formula is C22H15ClF2N6. The van der Waals surface area contributed by atoms with E-state index in [4.69, 9.17) is 11.6 Å². The lowest BCUT2D eigenvalue weighted by atomic mass is 10.0. The van der Waals surface area contributed by atoms with Crippen LogP contribution in [0.2, 0.25) is 5.02 Å². The van der Waals surface area contributed by atoms with Gasteiger partial charge in [-0.05, 0) is 42.3 Å². The highest BCUT2D eigenvalue weighted by molar-refractivity contribution is 6.30. The normalized spacial score (nSPS) is 11.3. The number of halogens is 3. The molecule has 0 saturated heterocycles. The minimum absolute atomic E-state index is 0.184. The number of imidazole rings is 1. The van der Waals surface area contributed by atoms with Gasteiger partial charge in [-0.15, -0.1) is 0 Å². The number of hydrogen-bond donors (Lipinski definition) is 2. The van der Waals surface area contributed by atoms with Gasteiger partial charge >= 0.3 is 0 Å². The zero-order valence-electron chi connectivity index (χ0n) is 16.0. The summed E-state index contributed by atoms with van der Waals surface area (Å²) in [7, 11) is 0. The van der Waals surface area contributed by atoms with Crippen LogP contribution in [0.4, 0.5) is 14.6 Å². The number of aromatic nitrogens is 5. The quantitative estimate of drug-likeness (QED) is 0.398. The Balaban J connectivity index is 1.53. The molecule has 0 bridgehead atoms. The summed E-state index contributed by atoms with van der Waals surface area (Å²) in [6.07, 6.45) is 3.46. The summed E-state index contributed by atoms with van der Waals surface area (Å²) in [5.74, 6) is -0.331. The number of hydrogen-bond acceptors (Lipinski definition) is 5. The van der Waals surface area contributed by atoms with E-state index in [1.165, 1.54) is 30.6 Å². The highest BCUT2D eigenvalue weighted by Crippen LogP contribution is 2.31. The molecule has 6 nitrogen and oxygen atoms in total. The minimum atomic E-state index is -0.475. The molecule has 0 amide bonds. The Labute approximate surface area is 180 Å². The van der Waals surface area contributed by atoms with Crippen LogP contribution in [0.25, 0.3) is 33.3 Å². The van der Waals surface area contributed by atoms with Gasteiger partial charge in [0.15, 0.2) is 11.5 Å². The third-order valence-corrected chi connectivity index (χ3v) is 5.20. The summed E-state index contributed by atoms with van der Waals surface area (Å²) in [4.78, 5) is 19.9. The minimum Gasteiger partial charge on any atom is -0.368 e. The van der Waals surface area contributed by atoms with Crippen LogP contribution in [0.5, 0.6) is 0 Å². The first kappa shape index (κ1) is 19.3. The van der Waals surface area contributed by atoms with Crippen LogP contribution in [-0.2, 0) is 6.42 Å². The maximum Gasteiger partial charge on any atom is 0.182 e. The van der Waals surface area contributed by atoms with E-state index in [1.54, 1.807) is 18.5 Å². The number of rotatable bonds is 5. The molecule has 0 radical (unpaired) electrons. The van der Waals surface area contributed by atoms with Gasteiger partial charge in [0, 0.05) is 22.5 Å². The predicted octanol–water partition coefficient (Wildman–Crippen LogP) is 5.15. The van der Waals surface area contributed by atoms with Crippen molar-refractivity contribution in [1.82, 2.24) is 24.9 Å². The van der Waals surface area contributed by atoms with Crippen molar-refractivity contribution in [2.24, 2.45) is 0 Å². The van der Waals surface area contributed by atoms with Crippen LogP contribution in [-0.4, -0.2) is 31.5 Å². The predicted molar refractivity (Wildman–Crippen MR) is 116 cm³/mol. The Morgan fingerprint density at radius 3 is 2.81 bits per heavy atom. The van der Waals surface area contributed by atoms with Gasteiger partial charge in [-0.1, -0.05) is 23.7 Å². The lowest BCUT2D eigenvalue weighted by Gasteiger charge is -2.13. The van der Waals surface area contributed by atoms with E-state index >= 15 is 0 Å². The van der Waals surface area contributed by atoms with Crippen molar-refractivity contribution in [2.75, 3.05) is 11.9 Å². The summed E-state index contributed by atoms with van der Waals surface area (Å²) in [6.45, 7) is 0.475. The summed E-state index contributed by atoms with van der Waals surface area (Å²) in [5, 5.41) is 4.25. The lowest BCUT2D eigenvalue weighted by Crippen LogP contribution is -2.09. The average molecular weight is 437 g/mol. The third-order valence-electron chi connectivity index (χ3n) is 4.97. The number of nitrogens with zero attached hydrogens (tertiary/aromatic N) is 4. The number of H-pyrrole nitrogens is 1. The van der Waals surface area contributed by atoms with E-state index < -0.39 is 11.6 Å². The van der Waals surface area contributed by atoms with Crippen LogP contribution < -0.4 is 5.32 Å². The Morgan fingerprint density at radius 2 is 1.90 bits per heavy atom. The van der Waals surface area contributed by atoms with Crippen molar-refractivity contribution in [3.8, 4) is 11.3 Å². The van der Waals surface area contributed by atoms with Gasteiger partial charge in [0.2, 0.25) is 0 Å². The van der Waals surface area contributed by atoms with Gasteiger partial charge in [-0.25, -0.2) is 28.7 Å². The molecule has 3 heterocycles. The molecule has 3 aromatic heterocycles. The first-order valence-corrected chi connectivity index (χ1v) is 9.89. The van der Waals surface area contributed by atoms with Crippen LogP contribution in [0.1, 0.15) is 5.56 Å². The number of nitrogens with one attached hydrogen (secondary N) is 2. The van der Waals surface area contributed by atoms with E-state index in [1.807, 2.05) is 6.07 Å². The monoisotopic (exact) mass is 436 g/mol. The molecule has 154 valence electrons. The molecular weight excluding hydrogens is 422 g/mol. The van der Waals surface area contributed by atoms with Gasteiger partial charge in [-0.3, -0.25) is 0 Å². The number of anilines is 1. The molecule has 0 spiro atoms. The van der Waals surface area contributed by atoms with Crippen molar-refractivity contribution in [3.05, 3.63) is 77.3 Å². The molecule has 5 aromatic rings. The van der Waals surface area contributed by atoms with Gasteiger partial charge in [0.05, 0.1) is 12.0 Å². The number of para-hydroxylation sites is 1. The van der Waals surface area contributed by atoms with Crippen molar-refractivity contribution in [3.63, 3.8) is 0 Å². The maximum absolute atomic E-state index is 14.6. The topological polar surface area (TPSA) is 79.4 Å². The molecule has 0 atom stereocenters. The number of aromatic amines is 1. The Hall–Kier alpha value is -3.65. The smallest absolute Gasteiger partial charge is 0.182 e. The van der Waals surface area contributed by atoms with Crippen LogP contribution in [0, 0.1) is 11.6 Å². The van der Waals surface area contributed by atoms with E-state index in [-0.39, 0.29) is 11.1 Å². The molecule has 0 aliphatic heterocycles. The summed E-state index contributed by atoms with van der Waals surface area (Å²) in [5.41, 5.74) is 2.77. The van der Waals surface area contributed by atoms with Crippen LogP contribution >= 0.6 is 11.6 Å². The third kappa shape index (κ3) is 3.66. The second-order valence-corrected chi connectivity index (χ2v) is 7.37. The standard InChI is InChI=1S/C22H15ClF2N6/c23-14-4-5-16(24)15(9-14)18-13(8-12-2-1-3-17(25)19(12)31-18)6-7-26-21-20-22(28-10-27-20)30-11-29-21/h1-5,8-11H,6-7H2,(H2,26,27,28,29,30). The second kappa shape index (κ2) is 7.88. The fourth-order valence-electron chi connectivity index (χ4n) is 3.52. The van der Waals surface area contributed by atoms with Gasteiger partial charge in [0.25, 0.3) is 0 Å². The summed E-state index contributed by atoms with van der Waals surface area (Å²) in [6, 6.07) is 10.8. The molecule has 31 heavy (non-hydrogen) atoms. The molecule has 2 aromatic carbocycles. The molecule has 0 aliphatic carbocycles. The molecule has 9 heteroatoms. The fraction of sp³-hybridized carbons (Fsp3) is 0.0909. The molecule has 5 rings (SSSR count). The molecule has 0 unspecified atom stereocenters.